The highest BCUT2D eigenvalue weighted by Crippen LogP contribution is 2.26. The van der Waals surface area contributed by atoms with Crippen LogP contribution in [0.5, 0.6) is 0 Å². The Hall–Kier alpha value is -2.29. The highest BCUT2D eigenvalue weighted by molar-refractivity contribution is 7.92. The van der Waals surface area contributed by atoms with Crippen LogP contribution in [0.1, 0.15) is 19.4 Å². The zero-order valence-corrected chi connectivity index (χ0v) is 18.9. The van der Waals surface area contributed by atoms with Gasteiger partial charge in [0.2, 0.25) is 11.8 Å². The Labute approximate surface area is 186 Å². The first-order valence-corrected chi connectivity index (χ1v) is 11.5. The molecule has 30 heavy (non-hydrogen) atoms. The molecule has 0 spiro atoms. The zero-order valence-electron chi connectivity index (χ0n) is 16.6. The summed E-state index contributed by atoms with van der Waals surface area (Å²) in [7, 11) is -3.84. The van der Waals surface area contributed by atoms with Crippen molar-refractivity contribution in [3.8, 4) is 0 Å². The molecule has 0 saturated heterocycles. The standard InChI is InChI=1S/C20H23Cl2N3O4S/c1-3-23-19(26)13-25(4-2)20(27)11-14-5-7-15(8-6-14)24-30(28,29)16-9-10-17(21)18(22)12-16/h5-10,12,24H,3-4,11,13H2,1-2H3,(H,23,26). The van der Waals surface area contributed by atoms with E-state index in [0.717, 1.165) is 0 Å². The third-order valence-corrected chi connectivity index (χ3v) is 6.32. The van der Waals surface area contributed by atoms with Crippen molar-refractivity contribution in [1.29, 1.82) is 0 Å². The first-order chi connectivity index (χ1) is 14.2. The molecule has 0 aliphatic carbocycles. The second-order valence-corrected chi connectivity index (χ2v) is 8.91. The maximum atomic E-state index is 12.5. The van der Waals surface area contributed by atoms with Gasteiger partial charge in [0, 0.05) is 18.8 Å². The van der Waals surface area contributed by atoms with Crippen LogP contribution in [0.3, 0.4) is 0 Å². The van der Waals surface area contributed by atoms with Gasteiger partial charge in [-0.15, -0.1) is 0 Å². The Morgan fingerprint density at radius 3 is 2.23 bits per heavy atom. The molecule has 2 rings (SSSR count). The highest BCUT2D eigenvalue weighted by atomic mass is 35.5. The molecule has 0 fully saturated rings. The number of hydrogen-bond acceptors (Lipinski definition) is 4. The largest absolute Gasteiger partial charge is 0.355 e. The maximum absolute atomic E-state index is 12.5. The first kappa shape index (κ1) is 24.0. The number of carbonyl (C=O) groups excluding carboxylic acids is 2. The highest BCUT2D eigenvalue weighted by Gasteiger charge is 2.17. The molecule has 2 amide bonds. The molecule has 10 heteroatoms. The van der Waals surface area contributed by atoms with Gasteiger partial charge in [-0.3, -0.25) is 14.3 Å². The Morgan fingerprint density at radius 2 is 1.67 bits per heavy atom. The minimum Gasteiger partial charge on any atom is -0.355 e. The van der Waals surface area contributed by atoms with Crippen molar-refractivity contribution in [3.05, 3.63) is 58.1 Å². The lowest BCUT2D eigenvalue weighted by molar-refractivity contribution is -0.135. The predicted molar refractivity (Wildman–Crippen MR) is 118 cm³/mol. The van der Waals surface area contributed by atoms with Gasteiger partial charge in [0.15, 0.2) is 0 Å². The summed E-state index contributed by atoms with van der Waals surface area (Å²) in [5, 5.41) is 3.07. The Morgan fingerprint density at radius 1 is 1.00 bits per heavy atom. The van der Waals surface area contributed by atoms with Gasteiger partial charge in [-0.05, 0) is 49.7 Å². The zero-order chi connectivity index (χ0) is 22.3. The van der Waals surface area contributed by atoms with Crippen LogP contribution in [0.25, 0.3) is 0 Å². The fraction of sp³-hybridized carbons (Fsp3) is 0.300. The smallest absolute Gasteiger partial charge is 0.261 e. The van der Waals surface area contributed by atoms with E-state index in [1.807, 2.05) is 6.92 Å². The Kier molecular flexibility index (Phi) is 8.52. The van der Waals surface area contributed by atoms with Gasteiger partial charge in [0.1, 0.15) is 0 Å². The van der Waals surface area contributed by atoms with Crippen LogP contribution in [0.2, 0.25) is 10.0 Å². The second kappa shape index (κ2) is 10.7. The van der Waals surface area contributed by atoms with Crippen molar-refractivity contribution in [2.45, 2.75) is 25.2 Å². The Balaban J connectivity index is 2.04. The molecular formula is C20H23Cl2N3O4S. The fourth-order valence-corrected chi connectivity index (χ4v) is 4.09. The van der Waals surface area contributed by atoms with Gasteiger partial charge < -0.3 is 10.2 Å². The van der Waals surface area contributed by atoms with E-state index < -0.39 is 10.0 Å². The van der Waals surface area contributed by atoms with Crippen molar-refractivity contribution in [1.82, 2.24) is 10.2 Å². The van der Waals surface area contributed by atoms with Crippen molar-refractivity contribution in [2.24, 2.45) is 0 Å². The molecule has 162 valence electrons. The number of sulfonamides is 1. The van der Waals surface area contributed by atoms with E-state index in [0.29, 0.717) is 24.3 Å². The average Bonchev–Trinajstić information content (AvgIpc) is 2.69. The number of rotatable bonds is 9. The molecule has 2 aromatic carbocycles. The van der Waals surface area contributed by atoms with E-state index >= 15 is 0 Å². The minimum atomic E-state index is -3.84. The lowest BCUT2D eigenvalue weighted by Gasteiger charge is -2.20. The molecule has 0 saturated carbocycles. The van der Waals surface area contributed by atoms with Gasteiger partial charge in [0.25, 0.3) is 10.0 Å². The SMILES string of the molecule is CCNC(=O)CN(CC)C(=O)Cc1ccc(NS(=O)(=O)c2ccc(Cl)c(Cl)c2)cc1. The van der Waals surface area contributed by atoms with Crippen LogP contribution >= 0.6 is 23.2 Å². The van der Waals surface area contributed by atoms with E-state index in [9.17, 15) is 18.0 Å². The third-order valence-electron chi connectivity index (χ3n) is 4.21. The molecule has 2 aromatic rings. The molecule has 0 aliphatic heterocycles. The summed E-state index contributed by atoms with van der Waals surface area (Å²) < 4.78 is 27.5. The van der Waals surface area contributed by atoms with Crippen LogP contribution in [-0.4, -0.2) is 44.8 Å². The average molecular weight is 472 g/mol. The van der Waals surface area contributed by atoms with Crippen LogP contribution in [-0.2, 0) is 26.0 Å². The topological polar surface area (TPSA) is 95.6 Å². The van der Waals surface area contributed by atoms with Gasteiger partial charge >= 0.3 is 0 Å². The predicted octanol–water partition coefficient (Wildman–Crippen LogP) is 3.32. The van der Waals surface area contributed by atoms with Crippen molar-refractivity contribution < 1.29 is 18.0 Å². The van der Waals surface area contributed by atoms with E-state index in [1.165, 1.54) is 23.1 Å². The molecular weight excluding hydrogens is 449 g/mol. The normalized spacial score (nSPS) is 11.1. The van der Waals surface area contributed by atoms with Gasteiger partial charge in [-0.25, -0.2) is 8.42 Å². The number of hydrogen-bond donors (Lipinski definition) is 2. The number of amides is 2. The first-order valence-electron chi connectivity index (χ1n) is 9.27. The third kappa shape index (κ3) is 6.62. The molecule has 0 aliphatic rings. The Bertz CT molecular complexity index is 1010. The van der Waals surface area contributed by atoms with Crippen LogP contribution in [0.4, 0.5) is 5.69 Å². The number of benzene rings is 2. The summed E-state index contributed by atoms with van der Waals surface area (Å²) in [4.78, 5) is 25.6. The van der Waals surface area contributed by atoms with E-state index in [1.54, 1.807) is 31.2 Å². The number of nitrogens with one attached hydrogen (secondary N) is 2. The molecule has 0 radical (unpaired) electrons. The van der Waals surface area contributed by atoms with Crippen molar-refractivity contribution >= 4 is 50.7 Å². The summed E-state index contributed by atoms with van der Waals surface area (Å²) in [6, 6.07) is 10.5. The molecule has 0 atom stereocenters. The molecule has 0 heterocycles. The van der Waals surface area contributed by atoms with Crippen LogP contribution in [0, 0.1) is 0 Å². The van der Waals surface area contributed by atoms with Crippen LogP contribution in [0.15, 0.2) is 47.4 Å². The summed E-state index contributed by atoms with van der Waals surface area (Å²) >= 11 is 11.7. The van der Waals surface area contributed by atoms with Gasteiger partial charge in [-0.2, -0.15) is 0 Å². The molecule has 0 unspecified atom stereocenters. The minimum absolute atomic E-state index is 0.00467. The van der Waals surface area contributed by atoms with E-state index in [-0.39, 0.29) is 39.7 Å². The molecule has 0 bridgehead atoms. The van der Waals surface area contributed by atoms with E-state index in [2.05, 4.69) is 10.0 Å². The fourth-order valence-electron chi connectivity index (χ4n) is 2.64. The quantitative estimate of drug-likeness (QED) is 0.586. The molecule has 7 nitrogen and oxygen atoms in total. The summed E-state index contributed by atoms with van der Waals surface area (Å²) in [6.07, 6.45) is 0.104. The number of anilines is 1. The lowest BCUT2D eigenvalue weighted by Crippen LogP contribution is -2.41. The van der Waals surface area contributed by atoms with Crippen LogP contribution < -0.4 is 10.0 Å². The number of likely N-dealkylation sites (N-methyl/N-ethyl adjacent to an activating group) is 2. The molecule has 2 N–H and O–H groups in total. The van der Waals surface area contributed by atoms with Gasteiger partial charge in [-0.1, -0.05) is 35.3 Å². The van der Waals surface area contributed by atoms with E-state index in [4.69, 9.17) is 23.2 Å². The summed E-state index contributed by atoms with van der Waals surface area (Å²) in [5.74, 6) is -0.396. The van der Waals surface area contributed by atoms with Crippen molar-refractivity contribution in [3.63, 3.8) is 0 Å². The number of halogens is 2. The van der Waals surface area contributed by atoms with Gasteiger partial charge in [0.05, 0.1) is 27.9 Å². The second-order valence-electron chi connectivity index (χ2n) is 6.42. The maximum Gasteiger partial charge on any atom is 0.261 e. The van der Waals surface area contributed by atoms with Crippen molar-refractivity contribution in [2.75, 3.05) is 24.4 Å². The summed E-state index contributed by atoms with van der Waals surface area (Å²) in [6.45, 7) is 4.54. The summed E-state index contributed by atoms with van der Waals surface area (Å²) in [5.41, 5.74) is 1.04. The number of carbonyl (C=O) groups is 2. The molecule has 0 aromatic heterocycles. The number of nitrogens with zero attached hydrogens (tertiary/aromatic N) is 1. The lowest BCUT2D eigenvalue weighted by atomic mass is 10.1. The monoisotopic (exact) mass is 471 g/mol.